The summed E-state index contributed by atoms with van der Waals surface area (Å²) >= 11 is 0. The molecule has 1 aliphatic carbocycles. The van der Waals surface area contributed by atoms with Gasteiger partial charge in [-0.25, -0.2) is 0 Å². The first-order valence-corrected chi connectivity index (χ1v) is 7.16. The Balaban J connectivity index is 2.78. The smallest absolute Gasteiger partial charge is 0.314 e. The molecule has 1 rings (SSSR count). The molecule has 1 fully saturated rings. The van der Waals surface area contributed by atoms with E-state index in [0.717, 1.165) is 25.8 Å². The molecule has 0 aromatic carbocycles. The zero-order valence-corrected chi connectivity index (χ0v) is 11.7. The first kappa shape index (κ1) is 15.8. The quantitative estimate of drug-likeness (QED) is 0.778. The Labute approximate surface area is 109 Å². The molecule has 0 radical (unpaired) electrons. The molecule has 0 amide bonds. The average Bonchev–Trinajstić information content (AvgIpc) is 2.27. The van der Waals surface area contributed by atoms with Gasteiger partial charge in [0, 0.05) is 6.04 Å². The van der Waals surface area contributed by atoms with Gasteiger partial charge in [-0.2, -0.15) is 13.2 Å². The molecule has 18 heavy (non-hydrogen) atoms. The molecule has 1 saturated carbocycles. The topological polar surface area (TPSA) is 12.0 Å². The SMILES string of the molecule is CCNC(CC(C)C)C1CCCCC1C(F)(F)F. The van der Waals surface area contributed by atoms with Crippen LogP contribution in [0.2, 0.25) is 0 Å². The van der Waals surface area contributed by atoms with Crippen LogP contribution in [0.15, 0.2) is 0 Å². The molecule has 3 unspecified atom stereocenters. The Hall–Kier alpha value is -0.250. The monoisotopic (exact) mass is 265 g/mol. The van der Waals surface area contributed by atoms with E-state index in [4.69, 9.17) is 0 Å². The van der Waals surface area contributed by atoms with Crippen molar-refractivity contribution in [1.29, 1.82) is 0 Å². The summed E-state index contributed by atoms with van der Waals surface area (Å²) < 4.78 is 39.3. The summed E-state index contributed by atoms with van der Waals surface area (Å²) in [5.74, 6) is -0.903. The molecule has 108 valence electrons. The molecule has 4 heteroatoms. The molecule has 1 nitrogen and oxygen atoms in total. The van der Waals surface area contributed by atoms with E-state index in [1.165, 1.54) is 0 Å². The lowest BCUT2D eigenvalue weighted by atomic mass is 9.73. The molecule has 0 heterocycles. The molecule has 3 atom stereocenters. The Morgan fingerprint density at radius 3 is 2.28 bits per heavy atom. The van der Waals surface area contributed by atoms with E-state index in [1.807, 2.05) is 6.92 Å². The zero-order valence-electron chi connectivity index (χ0n) is 11.7. The molecule has 0 aromatic heterocycles. The highest BCUT2D eigenvalue weighted by Crippen LogP contribution is 2.43. The number of hydrogen-bond acceptors (Lipinski definition) is 1. The molecular weight excluding hydrogens is 239 g/mol. The number of hydrogen-bond donors (Lipinski definition) is 1. The molecule has 0 aromatic rings. The van der Waals surface area contributed by atoms with Gasteiger partial charge in [-0.1, -0.05) is 33.6 Å². The van der Waals surface area contributed by atoms with Gasteiger partial charge < -0.3 is 5.32 Å². The van der Waals surface area contributed by atoms with Crippen molar-refractivity contribution >= 4 is 0 Å². The van der Waals surface area contributed by atoms with Crippen molar-refractivity contribution in [2.45, 2.75) is 65.1 Å². The Bertz CT molecular complexity index is 238. The number of alkyl halides is 3. The molecule has 1 N–H and O–H groups in total. The third kappa shape index (κ3) is 4.45. The van der Waals surface area contributed by atoms with Gasteiger partial charge in [0.1, 0.15) is 0 Å². The largest absolute Gasteiger partial charge is 0.392 e. The highest BCUT2D eigenvalue weighted by atomic mass is 19.4. The number of rotatable bonds is 5. The summed E-state index contributed by atoms with van der Waals surface area (Å²) in [5.41, 5.74) is 0. The van der Waals surface area contributed by atoms with Gasteiger partial charge in [0.05, 0.1) is 5.92 Å². The highest BCUT2D eigenvalue weighted by Gasteiger charge is 2.47. The standard InChI is InChI=1S/C14H26F3N/c1-4-18-13(9-10(2)3)11-7-5-6-8-12(11)14(15,16)17/h10-13,18H,4-9H2,1-3H3. The summed E-state index contributed by atoms with van der Waals surface area (Å²) in [7, 11) is 0. The van der Waals surface area contributed by atoms with Crippen molar-refractivity contribution in [2.75, 3.05) is 6.54 Å². The van der Waals surface area contributed by atoms with Gasteiger partial charge in [0.25, 0.3) is 0 Å². The molecule has 0 spiro atoms. The Morgan fingerprint density at radius 2 is 1.78 bits per heavy atom. The van der Waals surface area contributed by atoms with Crippen LogP contribution in [0, 0.1) is 17.8 Å². The second kappa shape index (κ2) is 6.78. The predicted molar refractivity (Wildman–Crippen MR) is 68.4 cm³/mol. The van der Waals surface area contributed by atoms with E-state index < -0.39 is 12.1 Å². The lowest BCUT2D eigenvalue weighted by Crippen LogP contribution is -2.46. The van der Waals surface area contributed by atoms with Crippen LogP contribution < -0.4 is 5.32 Å². The lowest BCUT2D eigenvalue weighted by Gasteiger charge is -2.39. The second-order valence-corrected chi connectivity index (χ2v) is 5.89. The van der Waals surface area contributed by atoms with E-state index in [-0.39, 0.29) is 12.0 Å². The van der Waals surface area contributed by atoms with E-state index in [2.05, 4.69) is 19.2 Å². The van der Waals surface area contributed by atoms with Crippen molar-refractivity contribution < 1.29 is 13.2 Å². The van der Waals surface area contributed by atoms with Crippen LogP contribution in [-0.2, 0) is 0 Å². The summed E-state index contributed by atoms with van der Waals surface area (Å²) in [6.07, 6.45) is -0.498. The predicted octanol–water partition coefficient (Wildman–Crippen LogP) is 4.38. The van der Waals surface area contributed by atoms with Gasteiger partial charge in [-0.05, 0) is 37.6 Å². The van der Waals surface area contributed by atoms with Gasteiger partial charge in [0.15, 0.2) is 0 Å². The average molecular weight is 265 g/mol. The van der Waals surface area contributed by atoms with Crippen molar-refractivity contribution in [1.82, 2.24) is 5.32 Å². The van der Waals surface area contributed by atoms with Crippen molar-refractivity contribution in [3.05, 3.63) is 0 Å². The fourth-order valence-electron chi connectivity index (χ4n) is 3.23. The normalized spacial score (nSPS) is 27.5. The first-order valence-electron chi connectivity index (χ1n) is 7.16. The summed E-state index contributed by atoms with van der Waals surface area (Å²) in [5, 5.41) is 3.29. The fourth-order valence-corrected chi connectivity index (χ4v) is 3.23. The maximum Gasteiger partial charge on any atom is 0.392 e. The minimum Gasteiger partial charge on any atom is -0.314 e. The third-order valence-corrected chi connectivity index (χ3v) is 3.95. The molecule has 0 aliphatic heterocycles. The van der Waals surface area contributed by atoms with Crippen LogP contribution in [0.25, 0.3) is 0 Å². The van der Waals surface area contributed by atoms with Crippen molar-refractivity contribution in [3.8, 4) is 0 Å². The van der Waals surface area contributed by atoms with E-state index in [9.17, 15) is 13.2 Å². The molecule has 0 bridgehead atoms. The maximum atomic E-state index is 13.1. The second-order valence-electron chi connectivity index (χ2n) is 5.89. The highest BCUT2D eigenvalue weighted by molar-refractivity contribution is 4.88. The molecule has 0 saturated heterocycles. The van der Waals surface area contributed by atoms with Crippen molar-refractivity contribution in [3.63, 3.8) is 0 Å². The zero-order chi connectivity index (χ0) is 13.8. The van der Waals surface area contributed by atoms with E-state index in [1.54, 1.807) is 0 Å². The van der Waals surface area contributed by atoms with Crippen LogP contribution in [0.4, 0.5) is 13.2 Å². The maximum absolute atomic E-state index is 13.1. The third-order valence-electron chi connectivity index (χ3n) is 3.95. The first-order chi connectivity index (χ1) is 8.36. The molecule has 1 aliphatic rings. The van der Waals surface area contributed by atoms with Gasteiger partial charge >= 0.3 is 6.18 Å². The van der Waals surface area contributed by atoms with Crippen molar-refractivity contribution in [2.24, 2.45) is 17.8 Å². The van der Waals surface area contributed by atoms with Crippen LogP contribution >= 0.6 is 0 Å². The summed E-state index contributed by atoms with van der Waals surface area (Å²) in [6, 6.07) is 0.0157. The van der Waals surface area contributed by atoms with Gasteiger partial charge in [0.2, 0.25) is 0 Å². The van der Waals surface area contributed by atoms with E-state index in [0.29, 0.717) is 18.8 Å². The Morgan fingerprint density at radius 1 is 1.17 bits per heavy atom. The van der Waals surface area contributed by atoms with Gasteiger partial charge in [-0.3, -0.25) is 0 Å². The molecular formula is C14H26F3N. The lowest BCUT2D eigenvalue weighted by molar-refractivity contribution is -0.199. The minimum absolute atomic E-state index is 0.0157. The number of nitrogens with one attached hydrogen (secondary N) is 1. The summed E-state index contributed by atoms with van der Waals surface area (Å²) in [4.78, 5) is 0. The van der Waals surface area contributed by atoms with E-state index >= 15 is 0 Å². The minimum atomic E-state index is -4.03. The van der Waals surface area contributed by atoms with Crippen LogP contribution in [0.5, 0.6) is 0 Å². The van der Waals surface area contributed by atoms with Crippen LogP contribution in [0.3, 0.4) is 0 Å². The number of halogens is 3. The Kier molecular flexibility index (Phi) is 5.96. The van der Waals surface area contributed by atoms with Crippen LogP contribution in [0.1, 0.15) is 52.9 Å². The summed E-state index contributed by atoms with van der Waals surface area (Å²) in [6.45, 7) is 6.88. The van der Waals surface area contributed by atoms with Gasteiger partial charge in [-0.15, -0.1) is 0 Å². The fraction of sp³-hybridized carbons (Fsp3) is 1.00. The van der Waals surface area contributed by atoms with Crippen LogP contribution in [-0.4, -0.2) is 18.8 Å².